The molecule has 0 radical (unpaired) electrons. The summed E-state index contributed by atoms with van der Waals surface area (Å²) in [5.74, 6) is 0.0795. The van der Waals surface area contributed by atoms with Crippen molar-refractivity contribution in [2.75, 3.05) is 24.5 Å². The van der Waals surface area contributed by atoms with Gasteiger partial charge < -0.3 is 9.80 Å². The van der Waals surface area contributed by atoms with Crippen LogP contribution in [0.2, 0.25) is 15.1 Å². The molecule has 3 rings (SSSR count). The Kier molecular flexibility index (Phi) is 5.24. The molecule has 0 aliphatic carbocycles. The lowest BCUT2D eigenvalue weighted by atomic mass is 10.0. The van der Waals surface area contributed by atoms with E-state index in [0.29, 0.717) is 34.7 Å². The molecule has 0 bridgehead atoms. The summed E-state index contributed by atoms with van der Waals surface area (Å²) in [7, 11) is 0. The summed E-state index contributed by atoms with van der Waals surface area (Å²) in [5, 5.41) is 1.90. The molecule has 1 saturated heterocycles. The van der Waals surface area contributed by atoms with Crippen molar-refractivity contribution < 1.29 is 4.79 Å². The summed E-state index contributed by atoms with van der Waals surface area (Å²) in [6, 6.07) is 13.2. The van der Waals surface area contributed by atoms with Gasteiger partial charge in [-0.1, -0.05) is 46.9 Å². The molecule has 1 atom stereocenters. The van der Waals surface area contributed by atoms with Gasteiger partial charge in [0.1, 0.15) is 0 Å². The summed E-state index contributed by atoms with van der Waals surface area (Å²) in [6.45, 7) is 3.58. The summed E-state index contributed by atoms with van der Waals surface area (Å²) in [5.41, 5.74) is 2.01. The van der Waals surface area contributed by atoms with E-state index in [1.807, 2.05) is 41.3 Å². The highest BCUT2D eigenvalue weighted by molar-refractivity contribution is 6.36. The second kappa shape index (κ2) is 7.22. The van der Waals surface area contributed by atoms with Gasteiger partial charge in [0, 0.05) is 36.6 Å². The largest absolute Gasteiger partial charge is 0.360 e. The van der Waals surface area contributed by atoms with Crippen LogP contribution in [0.4, 0.5) is 5.69 Å². The minimum atomic E-state index is 0.0126. The molecule has 3 nitrogen and oxygen atoms in total. The lowest BCUT2D eigenvalue weighted by Gasteiger charge is -2.43. The normalized spacial score (nSPS) is 17.9. The molecular formula is C18H17Cl3N2O. The second-order valence-corrected chi connectivity index (χ2v) is 7.10. The topological polar surface area (TPSA) is 23.6 Å². The van der Waals surface area contributed by atoms with Crippen molar-refractivity contribution in [2.24, 2.45) is 0 Å². The van der Waals surface area contributed by atoms with Gasteiger partial charge in [-0.3, -0.25) is 4.79 Å². The smallest absolute Gasteiger partial charge is 0.219 e. The molecule has 1 fully saturated rings. The fourth-order valence-corrected chi connectivity index (χ4v) is 3.68. The second-order valence-electron chi connectivity index (χ2n) is 5.82. The van der Waals surface area contributed by atoms with Crippen molar-refractivity contribution in [3.63, 3.8) is 0 Å². The Morgan fingerprint density at radius 3 is 2.29 bits per heavy atom. The highest BCUT2D eigenvalue weighted by atomic mass is 35.5. The fourth-order valence-electron chi connectivity index (χ4n) is 3.04. The van der Waals surface area contributed by atoms with Crippen molar-refractivity contribution in [1.29, 1.82) is 0 Å². The first-order chi connectivity index (χ1) is 11.5. The minimum absolute atomic E-state index is 0.0126. The first-order valence-electron chi connectivity index (χ1n) is 7.68. The number of benzene rings is 2. The number of piperazine rings is 1. The molecule has 6 heteroatoms. The van der Waals surface area contributed by atoms with Gasteiger partial charge >= 0.3 is 0 Å². The van der Waals surface area contributed by atoms with Crippen molar-refractivity contribution >= 4 is 46.4 Å². The van der Waals surface area contributed by atoms with E-state index in [-0.39, 0.29) is 11.9 Å². The number of carbonyl (C=O) groups excluding carboxylic acids is 1. The van der Waals surface area contributed by atoms with Gasteiger partial charge in [-0.05, 0) is 35.9 Å². The van der Waals surface area contributed by atoms with E-state index >= 15 is 0 Å². The molecule has 2 aromatic carbocycles. The molecule has 126 valence electrons. The summed E-state index contributed by atoms with van der Waals surface area (Å²) < 4.78 is 0. The van der Waals surface area contributed by atoms with E-state index < -0.39 is 0 Å². The Morgan fingerprint density at radius 1 is 1.00 bits per heavy atom. The lowest BCUT2D eigenvalue weighted by Crippen LogP contribution is -2.50. The molecule has 0 spiro atoms. The van der Waals surface area contributed by atoms with Crippen molar-refractivity contribution in [3.05, 3.63) is 63.1 Å². The maximum Gasteiger partial charge on any atom is 0.219 e. The van der Waals surface area contributed by atoms with Gasteiger partial charge in [0.2, 0.25) is 5.91 Å². The van der Waals surface area contributed by atoms with Crippen LogP contribution in [-0.4, -0.2) is 30.4 Å². The first kappa shape index (κ1) is 17.4. The zero-order valence-electron chi connectivity index (χ0n) is 13.2. The van der Waals surface area contributed by atoms with E-state index in [0.717, 1.165) is 11.3 Å². The maximum atomic E-state index is 11.8. The van der Waals surface area contributed by atoms with Crippen LogP contribution in [0.5, 0.6) is 0 Å². The maximum absolute atomic E-state index is 11.8. The molecule has 2 aromatic rings. The minimum Gasteiger partial charge on any atom is -0.360 e. The zero-order chi connectivity index (χ0) is 17.3. The molecule has 0 aromatic heterocycles. The molecule has 1 amide bonds. The Bertz CT molecular complexity index is 748. The van der Waals surface area contributed by atoms with Crippen LogP contribution >= 0.6 is 34.8 Å². The van der Waals surface area contributed by atoms with Crippen molar-refractivity contribution in [1.82, 2.24) is 4.90 Å². The number of rotatable bonds is 2. The van der Waals surface area contributed by atoms with E-state index in [1.165, 1.54) is 0 Å². The third-order valence-electron chi connectivity index (χ3n) is 4.30. The zero-order valence-corrected chi connectivity index (χ0v) is 15.4. The predicted molar refractivity (Wildman–Crippen MR) is 100 cm³/mol. The van der Waals surface area contributed by atoms with E-state index in [4.69, 9.17) is 34.8 Å². The fraction of sp³-hybridized carbons (Fsp3) is 0.278. The van der Waals surface area contributed by atoms with Crippen LogP contribution in [0.15, 0.2) is 42.5 Å². The van der Waals surface area contributed by atoms with Gasteiger partial charge in [0.25, 0.3) is 0 Å². The third-order valence-corrected chi connectivity index (χ3v) is 5.09. The average Bonchev–Trinajstić information content (AvgIpc) is 2.55. The number of carbonyl (C=O) groups is 1. The van der Waals surface area contributed by atoms with Crippen LogP contribution in [0.25, 0.3) is 0 Å². The van der Waals surface area contributed by atoms with Gasteiger partial charge in [-0.25, -0.2) is 0 Å². The van der Waals surface area contributed by atoms with Crippen LogP contribution in [0, 0.1) is 0 Å². The summed E-state index contributed by atoms with van der Waals surface area (Å²) in [4.78, 5) is 15.9. The molecule has 1 aliphatic heterocycles. The van der Waals surface area contributed by atoms with Crippen LogP contribution in [0.3, 0.4) is 0 Å². The van der Waals surface area contributed by atoms with Gasteiger partial charge in [0.15, 0.2) is 0 Å². The highest BCUT2D eigenvalue weighted by Crippen LogP contribution is 2.36. The monoisotopic (exact) mass is 382 g/mol. The Hall–Kier alpha value is -1.42. The Morgan fingerprint density at radius 2 is 1.67 bits per heavy atom. The molecule has 0 saturated carbocycles. The number of amides is 1. The molecule has 0 N–H and O–H groups in total. The highest BCUT2D eigenvalue weighted by Gasteiger charge is 2.30. The van der Waals surface area contributed by atoms with Crippen molar-refractivity contribution in [2.45, 2.75) is 13.0 Å². The summed E-state index contributed by atoms with van der Waals surface area (Å²) in [6.07, 6.45) is 0. The van der Waals surface area contributed by atoms with E-state index in [9.17, 15) is 4.79 Å². The van der Waals surface area contributed by atoms with E-state index in [1.54, 1.807) is 13.0 Å². The molecule has 1 unspecified atom stereocenters. The number of anilines is 1. The van der Waals surface area contributed by atoms with Crippen molar-refractivity contribution in [3.8, 4) is 0 Å². The molecule has 1 aliphatic rings. The quantitative estimate of drug-likeness (QED) is 0.724. The van der Waals surface area contributed by atoms with E-state index in [2.05, 4.69) is 4.90 Å². The summed E-state index contributed by atoms with van der Waals surface area (Å²) >= 11 is 18.4. The number of hydrogen-bond donors (Lipinski definition) is 0. The number of halogens is 3. The Labute approximate surface area is 156 Å². The average molecular weight is 384 g/mol. The van der Waals surface area contributed by atoms with Crippen LogP contribution < -0.4 is 4.90 Å². The molecular weight excluding hydrogens is 367 g/mol. The van der Waals surface area contributed by atoms with Gasteiger partial charge in [0.05, 0.1) is 16.8 Å². The predicted octanol–water partition coefficient (Wildman–Crippen LogP) is 5.06. The number of hydrogen-bond acceptors (Lipinski definition) is 2. The van der Waals surface area contributed by atoms with Crippen LogP contribution in [-0.2, 0) is 4.79 Å². The third kappa shape index (κ3) is 3.64. The van der Waals surface area contributed by atoms with Gasteiger partial charge in [-0.15, -0.1) is 0 Å². The standard InChI is InChI=1S/C18H17Cl3N2O/c1-12(24)22-8-9-23(17-7-6-15(20)10-16(17)21)18(11-22)13-2-4-14(19)5-3-13/h2-7,10,18H,8-9,11H2,1H3. The number of nitrogens with zero attached hydrogens (tertiary/aromatic N) is 2. The van der Waals surface area contributed by atoms with Crippen LogP contribution in [0.1, 0.15) is 18.5 Å². The lowest BCUT2D eigenvalue weighted by molar-refractivity contribution is -0.129. The SMILES string of the molecule is CC(=O)N1CCN(c2ccc(Cl)cc2Cl)C(c2ccc(Cl)cc2)C1. The first-order valence-corrected chi connectivity index (χ1v) is 8.82. The Balaban J connectivity index is 1.99. The van der Waals surface area contributed by atoms with Gasteiger partial charge in [-0.2, -0.15) is 0 Å². The molecule has 24 heavy (non-hydrogen) atoms. The molecule has 1 heterocycles.